The van der Waals surface area contributed by atoms with Crippen LogP contribution in [-0.4, -0.2) is 64.8 Å². The summed E-state index contributed by atoms with van der Waals surface area (Å²) >= 11 is 0. The van der Waals surface area contributed by atoms with Crippen molar-refractivity contribution in [1.29, 1.82) is 0 Å². The van der Waals surface area contributed by atoms with Crippen LogP contribution < -0.4 is 5.32 Å². The number of carbonyl (C=O) groups excluding carboxylic acids is 2. The molecular weight excluding hydrogens is 498 g/mol. The molecule has 2 atom stereocenters. The zero-order valence-electron chi connectivity index (χ0n) is 20.8. The second-order valence-electron chi connectivity index (χ2n) is 8.66. The Labute approximate surface area is 211 Å². The van der Waals surface area contributed by atoms with Gasteiger partial charge in [-0.1, -0.05) is 71.1 Å². The first-order chi connectivity index (χ1) is 16.9. The molecule has 0 aliphatic carbocycles. The molecule has 0 aromatic heterocycles. The summed E-state index contributed by atoms with van der Waals surface area (Å²) in [7, 11) is -5.10. The van der Waals surface area contributed by atoms with E-state index in [-0.39, 0.29) is 6.42 Å². The lowest BCUT2D eigenvalue weighted by atomic mass is 10.0. The highest BCUT2D eigenvalue weighted by Gasteiger charge is 2.38. The van der Waals surface area contributed by atoms with Gasteiger partial charge in [-0.2, -0.15) is 8.42 Å². The lowest BCUT2D eigenvalue weighted by molar-refractivity contribution is -0.143. The smallest absolute Gasteiger partial charge is 0.326 e. The second-order valence-corrected chi connectivity index (χ2v) is 10.4. The topological polar surface area (TPSA) is 201 Å². The molecule has 0 aliphatic heterocycles. The van der Waals surface area contributed by atoms with Gasteiger partial charge in [0.2, 0.25) is 11.2 Å². The van der Waals surface area contributed by atoms with Crippen molar-refractivity contribution in [2.24, 2.45) is 0 Å². The van der Waals surface area contributed by atoms with Crippen molar-refractivity contribution in [1.82, 2.24) is 5.32 Å². The molecular formula is C23H39NO11S. The quantitative estimate of drug-likeness (QED) is 0.117. The Morgan fingerprint density at radius 3 is 1.69 bits per heavy atom. The van der Waals surface area contributed by atoms with Crippen LogP contribution in [0.5, 0.6) is 0 Å². The van der Waals surface area contributed by atoms with Crippen LogP contribution >= 0.6 is 0 Å². The second kappa shape index (κ2) is 18.6. The molecule has 1 unspecified atom stereocenters. The van der Waals surface area contributed by atoms with Crippen LogP contribution in [0.3, 0.4) is 0 Å². The summed E-state index contributed by atoms with van der Waals surface area (Å²) in [6.07, 6.45) is 9.62. The van der Waals surface area contributed by atoms with E-state index in [4.69, 9.17) is 10.2 Å². The third-order valence-electron chi connectivity index (χ3n) is 5.47. The maximum absolute atomic E-state index is 12.1. The lowest BCUT2D eigenvalue weighted by Crippen LogP contribution is -2.41. The maximum Gasteiger partial charge on any atom is 0.326 e. The highest BCUT2D eigenvalue weighted by Crippen LogP contribution is 2.14. The van der Waals surface area contributed by atoms with E-state index < -0.39 is 70.5 Å². The molecule has 4 N–H and O–H groups in total. The summed E-state index contributed by atoms with van der Waals surface area (Å²) in [5.41, 5.74) is 0. The predicted molar refractivity (Wildman–Crippen MR) is 129 cm³/mol. The molecule has 0 rings (SSSR count). The van der Waals surface area contributed by atoms with Crippen LogP contribution in [0.2, 0.25) is 0 Å². The SMILES string of the molecule is CCCCCCCCCCCCCC(=O)N[C@H](CCC(=O)OS(=O)(=O)C(CC(=O)O)C(=O)O)C(=O)O. The van der Waals surface area contributed by atoms with Crippen LogP contribution in [0.1, 0.15) is 103 Å². The number of carboxylic acid groups (broad SMARTS) is 3. The van der Waals surface area contributed by atoms with E-state index in [2.05, 4.69) is 16.4 Å². The summed E-state index contributed by atoms with van der Waals surface area (Å²) in [5.74, 6) is -7.16. The fraction of sp³-hybridized carbons (Fsp3) is 0.783. The maximum atomic E-state index is 12.1. The van der Waals surface area contributed by atoms with Crippen molar-refractivity contribution in [2.75, 3.05) is 0 Å². The van der Waals surface area contributed by atoms with Gasteiger partial charge in [0, 0.05) is 12.8 Å². The minimum Gasteiger partial charge on any atom is -0.481 e. The molecule has 0 aromatic carbocycles. The number of nitrogens with one attached hydrogen (secondary N) is 1. The molecule has 12 nitrogen and oxygen atoms in total. The molecule has 1 amide bonds. The Bertz CT molecular complexity index is 826. The number of unbranched alkanes of at least 4 members (excludes halogenated alkanes) is 10. The van der Waals surface area contributed by atoms with E-state index in [1.54, 1.807) is 0 Å². The number of hydrogen-bond acceptors (Lipinski definition) is 8. The molecule has 0 saturated heterocycles. The van der Waals surface area contributed by atoms with Gasteiger partial charge >= 0.3 is 34.0 Å². The van der Waals surface area contributed by atoms with Gasteiger partial charge in [0.1, 0.15) is 6.04 Å². The summed E-state index contributed by atoms with van der Waals surface area (Å²) < 4.78 is 27.9. The lowest BCUT2D eigenvalue weighted by Gasteiger charge is -2.15. The van der Waals surface area contributed by atoms with Crippen LogP contribution in [0.4, 0.5) is 0 Å². The molecule has 36 heavy (non-hydrogen) atoms. The number of amides is 1. The Kier molecular flexibility index (Phi) is 17.2. The summed E-state index contributed by atoms with van der Waals surface area (Å²) in [4.78, 5) is 56.9. The molecule has 0 radical (unpaired) electrons. The average Bonchev–Trinajstić information content (AvgIpc) is 2.77. The number of aliphatic carboxylic acids is 3. The summed E-state index contributed by atoms with van der Waals surface area (Å²) in [6, 6.07) is -1.48. The first-order valence-corrected chi connectivity index (χ1v) is 13.8. The first kappa shape index (κ1) is 33.3. The van der Waals surface area contributed by atoms with Crippen LogP contribution in [0.25, 0.3) is 0 Å². The minimum atomic E-state index is -5.10. The molecule has 0 aromatic rings. The van der Waals surface area contributed by atoms with Gasteiger partial charge in [0.05, 0.1) is 6.42 Å². The third-order valence-corrected chi connectivity index (χ3v) is 6.95. The molecule has 0 spiro atoms. The molecule has 0 fully saturated rings. The fourth-order valence-electron chi connectivity index (χ4n) is 3.44. The van der Waals surface area contributed by atoms with Crippen molar-refractivity contribution in [2.45, 2.75) is 115 Å². The van der Waals surface area contributed by atoms with Crippen LogP contribution in [-0.2, 0) is 38.3 Å². The monoisotopic (exact) mass is 537 g/mol. The largest absolute Gasteiger partial charge is 0.481 e. The summed E-state index contributed by atoms with van der Waals surface area (Å²) in [5, 5.41) is 26.5. The molecule has 0 bridgehead atoms. The Hall–Kier alpha value is -2.70. The van der Waals surface area contributed by atoms with Crippen molar-refractivity contribution in [3.63, 3.8) is 0 Å². The molecule has 0 saturated carbocycles. The Morgan fingerprint density at radius 2 is 1.25 bits per heavy atom. The fourth-order valence-corrected chi connectivity index (χ4v) is 4.49. The van der Waals surface area contributed by atoms with E-state index in [1.165, 1.54) is 38.5 Å². The molecule has 0 heterocycles. The Morgan fingerprint density at radius 1 is 0.750 bits per heavy atom. The van der Waals surface area contributed by atoms with Gasteiger partial charge in [-0.3, -0.25) is 19.2 Å². The summed E-state index contributed by atoms with van der Waals surface area (Å²) in [6.45, 7) is 2.18. The molecule has 13 heteroatoms. The van der Waals surface area contributed by atoms with Gasteiger partial charge in [-0.05, 0) is 12.8 Å². The van der Waals surface area contributed by atoms with Gasteiger partial charge in [-0.25, -0.2) is 4.79 Å². The normalized spacial score (nSPS) is 12.9. The molecule has 208 valence electrons. The highest BCUT2D eigenvalue weighted by atomic mass is 32.2. The number of carboxylic acids is 3. The van der Waals surface area contributed by atoms with E-state index in [0.717, 1.165) is 25.7 Å². The number of rotatable bonds is 22. The third kappa shape index (κ3) is 16.1. The van der Waals surface area contributed by atoms with Crippen LogP contribution in [0.15, 0.2) is 0 Å². The van der Waals surface area contributed by atoms with E-state index in [0.29, 0.717) is 6.42 Å². The van der Waals surface area contributed by atoms with Crippen LogP contribution in [0, 0.1) is 0 Å². The minimum absolute atomic E-state index is 0.106. The predicted octanol–water partition coefficient (Wildman–Crippen LogP) is 2.84. The van der Waals surface area contributed by atoms with Crippen molar-refractivity contribution in [3.05, 3.63) is 0 Å². The highest BCUT2D eigenvalue weighted by molar-refractivity contribution is 7.88. The standard InChI is InChI=1S/C23H39NO11S/c1-2-3-4-5-6-7-8-9-10-11-12-13-19(25)24-17(22(29)30)14-15-21(28)35-36(33,34)18(23(31)32)16-20(26)27/h17-18H,2-16H2,1H3,(H,24,25)(H,26,27)(H,29,30)(H,31,32)/t17-,18?/m1/s1. The van der Waals surface area contributed by atoms with Crippen molar-refractivity contribution in [3.8, 4) is 0 Å². The van der Waals surface area contributed by atoms with Crippen molar-refractivity contribution < 1.29 is 51.9 Å². The van der Waals surface area contributed by atoms with Gasteiger partial charge < -0.3 is 24.8 Å². The number of carbonyl (C=O) groups is 5. The van der Waals surface area contributed by atoms with Gasteiger partial charge in [0.15, 0.2) is 0 Å². The zero-order chi connectivity index (χ0) is 27.6. The van der Waals surface area contributed by atoms with E-state index >= 15 is 0 Å². The van der Waals surface area contributed by atoms with Crippen molar-refractivity contribution >= 4 is 39.9 Å². The molecule has 0 aliphatic rings. The average molecular weight is 538 g/mol. The van der Waals surface area contributed by atoms with E-state index in [1.807, 2.05) is 0 Å². The van der Waals surface area contributed by atoms with E-state index in [9.17, 15) is 37.5 Å². The van der Waals surface area contributed by atoms with Gasteiger partial charge in [-0.15, -0.1) is 0 Å². The zero-order valence-corrected chi connectivity index (χ0v) is 21.6. The Balaban J connectivity index is 4.33. The number of hydrogen-bond donors (Lipinski definition) is 4. The van der Waals surface area contributed by atoms with Gasteiger partial charge in [0.25, 0.3) is 0 Å². The first-order valence-electron chi connectivity index (χ1n) is 12.3.